The second-order valence-electron chi connectivity index (χ2n) is 2.25. The summed E-state index contributed by atoms with van der Waals surface area (Å²) in [7, 11) is 3.04. The highest BCUT2D eigenvalue weighted by molar-refractivity contribution is 5.94. The molecule has 0 radical (unpaired) electrons. The van der Waals surface area contributed by atoms with E-state index >= 15 is 0 Å². The van der Waals surface area contributed by atoms with E-state index in [-0.39, 0.29) is 5.91 Å². The fourth-order valence-electron chi connectivity index (χ4n) is 0.581. The Labute approximate surface area is 77.1 Å². The molecule has 0 unspecified atom stereocenters. The molecule has 0 fully saturated rings. The van der Waals surface area contributed by atoms with E-state index in [1.54, 1.807) is 7.05 Å². The highest BCUT2D eigenvalue weighted by atomic mass is 16.5. The summed E-state index contributed by atoms with van der Waals surface area (Å²) >= 11 is 0. The van der Waals surface area contributed by atoms with E-state index in [1.165, 1.54) is 7.11 Å². The molecule has 5 heteroatoms. The van der Waals surface area contributed by atoms with Crippen molar-refractivity contribution in [1.82, 2.24) is 10.6 Å². The van der Waals surface area contributed by atoms with Crippen LogP contribution in [-0.2, 0) is 14.3 Å². The molecule has 5 nitrogen and oxygen atoms in total. The Morgan fingerprint density at radius 3 is 2.54 bits per heavy atom. The van der Waals surface area contributed by atoms with Crippen LogP contribution < -0.4 is 10.6 Å². The first-order valence-corrected chi connectivity index (χ1v) is 3.89. The summed E-state index contributed by atoms with van der Waals surface area (Å²) in [6.07, 6.45) is 2.22. The Hall–Kier alpha value is -1.36. The minimum atomic E-state index is -0.538. The topological polar surface area (TPSA) is 67.4 Å². The lowest BCUT2D eigenvalue weighted by Crippen LogP contribution is -2.29. The van der Waals surface area contributed by atoms with Crippen LogP contribution in [0.3, 0.4) is 0 Å². The number of carbonyl (C=O) groups is 2. The van der Waals surface area contributed by atoms with Crippen LogP contribution in [-0.4, -0.2) is 39.1 Å². The quantitative estimate of drug-likeness (QED) is 0.330. The normalized spacial score (nSPS) is 10.0. The van der Waals surface area contributed by atoms with Gasteiger partial charge in [-0.1, -0.05) is 0 Å². The second-order valence-corrected chi connectivity index (χ2v) is 2.25. The Balaban J connectivity index is 3.61. The van der Waals surface area contributed by atoms with Crippen molar-refractivity contribution in [1.29, 1.82) is 0 Å². The molecule has 74 valence electrons. The molecular formula is C8H14N2O3. The summed E-state index contributed by atoms with van der Waals surface area (Å²) in [6, 6.07) is 0. The minimum absolute atomic E-state index is 0.305. The van der Waals surface area contributed by atoms with Crippen molar-refractivity contribution >= 4 is 11.9 Å². The van der Waals surface area contributed by atoms with Gasteiger partial charge in [-0.3, -0.25) is 4.79 Å². The van der Waals surface area contributed by atoms with Gasteiger partial charge in [0.25, 0.3) is 0 Å². The molecule has 0 aliphatic carbocycles. The van der Waals surface area contributed by atoms with Gasteiger partial charge in [0, 0.05) is 25.2 Å². The number of esters is 1. The lowest BCUT2D eigenvalue weighted by atomic mass is 10.4. The summed E-state index contributed by atoms with van der Waals surface area (Å²) in [4.78, 5) is 21.4. The average Bonchev–Trinajstić information content (AvgIpc) is 2.14. The van der Waals surface area contributed by atoms with Crippen molar-refractivity contribution in [3.8, 4) is 0 Å². The third-order valence-electron chi connectivity index (χ3n) is 1.25. The van der Waals surface area contributed by atoms with Gasteiger partial charge in [-0.05, 0) is 7.05 Å². The summed E-state index contributed by atoms with van der Waals surface area (Å²) in [5.41, 5.74) is 0. The predicted molar refractivity (Wildman–Crippen MR) is 48.1 cm³/mol. The first-order valence-electron chi connectivity index (χ1n) is 3.89. The molecule has 0 rings (SSSR count). The number of hydrogen-bond donors (Lipinski definition) is 2. The second kappa shape index (κ2) is 7.30. The smallest absolute Gasteiger partial charge is 0.330 e. The van der Waals surface area contributed by atoms with Crippen LogP contribution in [0.1, 0.15) is 0 Å². The SMILES string of the molecule is CNCCNC(=O)/C=C/C(=O)OC. The van der Waals surface area contributed by atoms with Crippen molar-refractivity contribution in [2.24, 2.45) is 0 Å². The van der Waals surface area contributed by atoms with E-state index in [9.17, 15) is 9.59 Å². The van der Waals surface area contributed by atoms with E-state index in [1.807, 2.05) is 0 Å². The molecule has 2 N–H and O–H groups in total. The molecule has 0 heterocycles. The van der Waals surface area contributed by atoms with Crippen LogP contribution in [0.5, 0.6) is 0 Å². The van der Waals surface area contributed by atoms with E-state index in [0.29, 0.717) is 13.1 Å². The van der Waals surface area contributed by atoms with Gasteiger partial charge in [0.05, 0.1) is 7.11 Å². The van der Waals surface area contributed by atoms with Gasteiger partial charge in [-0.25, -0.2) is 4.79 Å². The molecule has 0 spiro atoms. The van der Waals surface area contributed by atoms with Crippen LogP contribution in [0.15, 0.2) is 12.2 Å². The van der Waals surface area contributed by atoms with Crippen LogP contribution in [0, 0.1) is 0 Å². The van der Waals surface area contributed by atoms with Gasteiger partial charge in [0.1, 0.15) is 0 Å². The van der Waals surface area contributed by atoms with Crippen LogP contribution in [0.2, 0.25) is 0 Å². The van der Waals surface area contributed by atoms with Gasteiger partial charge >= 0.3 is 5.97 Å². The number of ether oxygens (including phenoxy) is 1. The summed E-state index contributed by atoms with van der Waals surface area (Å²) in [5, 5.41) is 5.44. The maximum Gasteiger partial charge on any atom is 0.330 e. The van der Waals surface area contributed by atoms with Crippen LogP contribution in [0.25, 0.3) is 0 Å². The molecule has 0 aromatic carbocycles. The summed E-state index contributed by atoms with van der Waals surface area (Å²) < 4.78 is 4.31. The lowest BCUT2D eigenvalue weighted by Gasteiger charge is -1.99. The number of nitrogens with one attached hydrogen (secondary N) is 2. The molecule has 13 heavy (non-hydrogen) atoms. The zero-order valence-electron chi connectivity index (χ0n) is 7.79. The molecule has 0 aromatic heterocycles. The van der Waals surface area contributed by atoms with Crippen molar-refractivity contribution < 1.29 is 14.3 Å². The van der Waals surface area contributed by atoms with Gasteiger partial charge in [-0.15, -0.1) is 0 Å². The van der Waals surface area contributed by atoms with Gasteiger partial charge in [0.2, 0.25) is 5.91 Å². The summed E-state index contributed by atoms with van der Waals surface area (Å²) in [6.45, 7) is 1.22. The van der Waals surface area contributed by atoms with Crippen LogP contribution >= 0.6 is 0 Å². The largest absolute Gasteiger partial charge is 0.466 e. The maximum absolute atomic E-state index is 10.9. The summed E-state index contributed by atoms with van der Waals surface area (Å²) in [5.74, 6) is -0.843. The molecule has 0 aliphatic rings. The Kier molecular flexibility index (Phi) is 6.53. The number of hydrogen-bond acceptors (Lipinski definition) is 4. The highest BCUT2D eigenvalue weighted by Crippen LogP contribution is 1.77. The molecule has 0 saturated heterocycles. The van der Waals surface area contributed by atoms with Gasteiger partial charge in [0.15, 0.2) is 0 Å². The minimum Gasteiger partial charge on any atom is -0.466 e. The van der Waals surface area contributed by atoms with Crippen molar-refractivity contribution in [3.05, 3.63) is 12.2 Å². The highest BCUT2D eigenvalue weighted by Gasteiger charge is 1.95. The van der Waals surface area contributed by atoms with E-state index in [0.717, 1.165) is 12.2 Å². The Morgan fingerprint density at radius 2 is 2.00 bits per heavy atom. The predicted octanol–water partition coefficient (Wildman–Crippen LogP) is -0.949. The Bertz CT molecular complexity index is 202. The van der Waals surface area contributed by atoms with Gasteiger partial charge < -0.3 is 15.4 Å². The zero-order valence-corrected chi connectivity index (χ0v) is 7.79. The molecule has 0 atom stereocenters. The number of likely N-dealkylation sites (N-methyl/N-ethyl adjacent to an activating group) is 1. The van der Waals surface area contributed by atoms with Crippen molar-refractivity contribution in [3.63, 3.8) is 0 Å². The standard InChI is InChI=1S/C8H14N2O3/c1-9-5-6-10-7(11)3-4-8(12)13-2/h3-4,9H,5-6H2,1-2H3,(H,10,11)/b4-3+. The average molecular weight is 186 g/mol. The number of amides is 1. The number of methoxy groups -OCH3 is 1. The molecule has 0 aromatic rings. The molecule has 0 bridgehead atoms. The fourth-order valence-corrected chi connectivity index (χ4v) is 0.581. The van der Waals surface area contributed by atoms with E-state index in [2.05, 4.69) is 15.4 Å². The zero-order chi connectivity index (χ0) is 10.1. The monoisotopic (exact) mass is 186 g/mol. The van der Waals surface area contributed by atoms with Crippen molar-refractivity contribution in [2.45, 2.75) is 0 Å². The molecular weight excluding hydrogens is 172 g/mol. The third-order valence-corrected chi connectivity index (χ3v) is 1.25. The molecule has 0 aliphatic heterocycles. The Morgan fingerprint density at radius 1 is 1.31 bits per heavy atom. The first kappa shape index (κ1) is 11.6. The number of rotatable bonds is 5. The molecule has 0 saturated carbocycles. The molecule has 1 amide bonds. The van der Waals surface area contributed by atoms with Crippen LogP contribution in [0.4, 0.5) is 0 Å². The van der Waals surface area contributed by atoms with Crippen molar-refractivity contribution in [2.75, 3.05) is 27.2 Å². The fraction of sp³-hybridized carbons (Fsp3) is 0.500. The third kappa shape index (κ3) is 7.02. The lowest BCUT2D eigenvalue weighted by molar-refractivity contribution is -0.135. The van der Waals surface area contributed by atoms with E-state index < -0.39 is 5.97 Å². The maximum atomic E-state index is 10.9. The number of carbonyl (C=O) groups excluding carboxylic acids is 2. The van der Waals surface area contributed by atoms with E-state index in [4.69, 9.17) is 0 Å². The first-order chi connectivity index (χ1) is 6.20. The van der Waals surface area contributed by atoms with Gasteiger partial charge in [-0.2, -0.15) is 0 Å².